The molecule has 0 saturated heterocycles. The van der Waals surface area contributed by atoms with E-state index in [-0.39, 0.29) is 24.2 Å². The molecule has 0 spiro atoms. The number of hydrogen-bond acceptors (Lipinski definition) is 3. The molecule has 0 bridgehead atoms. The zero-order valence-electron chi connectivity index (χ0n) is 13.5. The van der Waals surface area contributed by atoms with Crippen molar-refractivity contribution in [1.82, 2.24) is 24.9 Å². The molecule has 1 atom stereocenters. The zero-order valence-corrected chi connectivity index (χ0v) is 13.5. The number of aromatic nitrogens is 4. The minimum Gasteiger partial charge on any atom is -0.361 e. The van der Waals surface area contributed by atoms with Crippen LogP contribution in [-0.2, 0) is 11.2 Å². The fourth-order valence-electron chi connectivity index (χ4n) is 2.99. The molecule has 6 nitrogen and oxygen atoms in total. The minimum absolute atomic E-state index is 0.134. The van der Waals surface area contributed by atoms with E-state index in [0.717, 1.165) is 16.6 Å². The van der Waals surface area contributed by atoms with Gasteiger partial charge in [0, 0.05) is 23.3 Å². The standard InChI is InChI=1S/C18H16FN5O/c1-11(18-23-22-16-4-2-3-7-24(16)18)21-17(25)8-12-10-20-15-9-13(19)5-6-14(12)15/h2-7,9-11,20H,8H2,1H3,(H,21,25). The monoisotopic (exact) mass is 337 g/mol. The fourth-order valence-corrected chi connectivity index (χ4v) is 2.99. The highest BCUT2D eigenvalue weighted by molar-refractivity contribution is 5.89. The summed E-state index contributed by atoms with van der Waals surface area (Å²) in [5.74, 6) is 0.230. The predicted octanol–water partition coefficient (Wildman–Crippen LogP) is 2.77. The Balaban J connectivity index is 1.51. The number of halogens is 1. The van der Waals surface area contributed by atoms with Gasteiger partial charge in [0.2, 0.25) is 5.91 Å². The van der Waals surface area contributed by atoms with Crippen LogP contribution in [0.5, 0.6) is 0 Å². The Morgan fingerprint density at radius 2 is 2.20 bits per heavy atom. The summed E-state index contributed by atoms with van der Waals surface area (Å²) in [6.07, 6.45) is 3.80. The molecule has 25 heavy (non-hydrogen) atoms. The fraction of sp³-hybridized carbons (Fsp3) is 0.167. The molecule has 0 radical (unpaired) electrons. The smallest absolute Gasteiger partial charge is 0.225 e. The lowest BCUT2D eigenvalue weighted by atomic mass is 10.1. The Kier molecular flexibility index (Phi) is 3.68. The Bertz CT molecular complexity index is 1070. The highest BCUT2D eigenvalue weighted by atomic mass is 19.1. The summed E-state index contributed by atoms with van der Waals surface area (Å²) in [4.78, 5) is 15.4. The number of hydrogen-bond donors (Lipinski definition) is 2. The quantitative estimate of drug-likeness (QED) is 0.601. The number of H-pyrrole nitrogens is 1. The molecule has 1 amide bonds. The van der Waals surface area contributed by atoms with E-state index in [4.69, 9.17) is 0 Å². The summed E-state index contributed by atoms with van der Waals surface area (Å²) in [5.41, 5.74) is 2.24. The van der Waals surface area contributed by atoms with Crippen LogP contribution in [0.1, 0.15) is 24.4 Å². The third-order valence-corrected chi connectivity index (χ3v) is 4.19. The van der Waals surface area contributed by atoms with Crippen molar-refractivity contribution in [3.8, 4) is 0 Å². The Morgan fingerprint density at radius 3 is 3.08 bits per heavy atom. The van der Waals surface area contributed by atoms with E-state index in [9.17, 15) is 9.18 Å². The van der Waals surface area contributed by atoms with Crippen molar-refractivity contribution >= 4 is 22.5 Å². The van der Waals surface area contributed by atoms with Gasteiger partial charge in [-0.15, -0.1) is 10.2 Å². The molecule has 0 aliphatic heterocycles. The van der Waals surface area contributed by atoms with E-state index in [1.54, 1.807) is 12.3 Å². The van der Waals surface area contributed by atoms with Crippen LogP contribution in [0.2, 0.25) is 0 Å². The van der Waals surface area contributed by atoms with Crippen molar-refractivity contribution in [3.63, 3.8) is 0 Å². The lowest BCUT2D eigenvalue weighted by Crippen LogP contribution is -2.29. The van der Waals surface area contributed by atoms with Gasteiger partial charge < -0.3 is 10.3 Å². The van der Waals surface area contributed by atoms with E-state index in [1.165, 1.54) is 12.1 Å². The van der Waals surface area contributed by atoms with Crippen molar-refractivity contribution in [2.75, 3.05) is 0 Å². The van der Waals surface area contributed by atoms with Gasteiger partial charge in [-0.1, -0.05) is 6.07 Å². The summed E-state index contributed by atoms with van der Waals surface area (Å²) in [6.45, 7) is 1.87. The number of amides is 1. The van der Waals surface area contributed by atoms with Gasteiger partial charge in [0.25, 0.3) is 0 Å². The summed E-state index contributed by atoms with van der Waals surface area (Å²) >= 11 is 0. The number of benzene rings is 1. The maximum absolute atomic E-state index is 13.3. The summed E-state index contributed by atoms with van der Waals surface area (Å²) in [5, 5.41) is 12.0. The molecule has 0 aliphatic rings. The number of rotatable bonds is 4. The second kappa shape index (κ2) is 6.01. The molecule has 0 fully saturated rings. The van der Waals surface area contributed by atoms with Crippen LogP contribution >= 0.6 is 0 Å². The van der Waals surface area contributed by atoms with E-state index in [1.807, 2.05) is 35.7 Å². The van der Waals surface area contributed by atoms with Gasteiger partial charge in [-0.25, -0.2) is 4.39 Å². The van der Waals surface area contributed by atoms with Crippen LogP contribution < -0.4 is 5.32 Å². The van der Waals surface area contributed by atoms with Crippen molar-refractivity contribution < 1.29 is 9.18 Å². The summed E-state index contributed by atoms with van der Waals surface area (Å²) < 4.78 is 15.1. The van der Waals surface area contributed by atoms with Gasteiger partial charge in [-0.2, -0.15) is 0 Å². The van der Waals surface area contributed by atoms with Gasteiger partial charge in [-0.3, -0.25) is 9.20 Å². The number of nitrogens with one attached hydrogen (secondary N) is 2. The maximum atomic E-state index is 13.3. The average molecular weight is 337 g/mol. The van der Waals surface area contributed by atoms with E-state index in [2.05, 4.69) is 20.5 Å². The third kappa shape index (κ3) is 2.84. The highest BCUT2D eigenvalue weighted by Crippen LogP contribution is 2.20. The number of carbonyl (C=O) groups excluding carboxylic acids is 1. The summed E-state index contributed by atoms with van der Waals surface area (Å²) in [6, 6.07) is 9.84. The van der Waals surface area contributed by atoms with Gasteiger partial charge in [-0.05, 0) is 42.8 Å². The first-order valence-electron chi connectivity index (χ1n) is 7.96. The first kappa shape index (κ1) is 15.3. The first-order valence-corrected chi connectivity index (χ1v) is 7.96. The van der Waals surface area contributed by atoms with Gasteiger partial charge >= 0.3 is 0 Å². The molecular weight excluding hydrogens is 321 g/mol. The van der Waals surface area contributed by atoms with Crippen LogP contribution in [0.15, 0.2) is 48.8 Å². The molecule has 7 heteroatoms. The average Bonchev–Trinajstić information content (AvgIpc) is 3.19. The maximum Gasteiger partial charge on any atom is 0.225 e. The molecule has 0 aliphatic carbocycles. The van der Waals surface area contributed by atoms with Gasteiger partial charge in [0.1, 0.15) is 5.82 Å². The minimum atomic E-state index is -0.308. The molecule has 4 aromatic rings. The Labute approximate surface area is 142 Å². The van der Waals surface area contributed by atoms with Crippen LogP contribution in [0.4, 0.5) is 4.39 Å². The topological polar surface area (TPSA) is 75.1 Å². The van der Waals surface area contributed by atoms with Crippen LogP contribution in [-0.4, -0.2) is 25.5 Å². The first-order chi connectivity index (χ1) is 12.1. The molecule has 3 heterocycles. The van der Waals surface area contributed by atoms with Gasteiger partial charge in [0.05, 0.1) is 12.5 Å². The molecule has 4 rings (SSSR count). The molecule has 1 unspecified atom stereocenters. The van der Waals surface area contributed by atoms with Crippen molar-refractivity contribution in [2.45, 2.75) is 19.4 Å². The molecular formula is C18H16FN5O. The van der Waals surface area contributed by atoms with E-state index < -0.39 is 0 Å². The second-order valence-corrected chi connectivity index (χ2v) is 5.96. The number of nitrogens with zero attached hydrogens (tertiary/aromatic N) is 3. The number of carbonyl (C=O) groups is 1. The van der Waals surface area contributed by atoms with E-state index in [0.29, 0.717) is 11.3 Å². The second-order valence-electron chi connectivity index (χ2n) is 5.96. The van der Waals surface area contributed by atoms with Crippen molar-refractivity contribution in [3.05, 3.63) is 66.0 Å². The normalized spacial score (nSPS) is 12.6. The SMILES string of the molecule is CC(NC(=O)Cc1c[nH]c2cc(F)ccc12)c1nnc2ccccn12. The summed E-state index contributed by atoms with van der Waals surface area (Å²) in [7, 11) is 0. The van der Waals surface area contributed by atoms with Crippen molar-refractivity contribution in [1.29, 1.82) is 0 Å². The number of aromatic amines is 1. The Morgan fingerprint density at radius 1 is 1.32 bits per heavy atom. The molecule has 1 aromatic carbocycles. The van der Waals surface area contributed by atoms with Crippen LogP contribution in [0, 0.1) is 5.82 Å². The molecule has 126 valence electrons. The van der Waals surface area contributed by atoms with Crippen LogP contribution in [0.25, 0.3) is 16.6 Å². The van der Waals surface area contributed by atoms with Crippen LogP contribution in [0.3, 0.4) is 0 Å². The number of fused-ring (bicyclic) bond motifs is 2. The lowest BCUT2D eigenvalue weighted by molar-refractivity contribution is -0.121. The molecule has 2 N–H and O–H groups in total. The zero-order chi connectivity index (χ0) is 17.4. The molecule has 3 aromatic heterocycles. The largest absolute Gasteiger partial charge is 0.361 e. The predicted molar refractivity (Wildman–Crippen MR) is 91.5 cm³/mol. The van der Waals surface area contributed by atoms with Crippen molar-refractivity contribution in [2.24, 2.45) is 0 Å². The molecule has 0 saturated carbocycles. The third-order valence-electron chi connectivity index (χ3n) is 4.19. The van der Waals surface area contributed by atoms with Gasteiger partial charge in [0.15, 0.2) is 11.5 Å². The Hall–Kier alpha value is -3.22. The van der Waals surface area contributed by atoms with E-state index >= 15 is 0 Å². The lowest BCUT2D eigenvalue weighted by Gasteiger charge is -2.12. The highest BCUT2D eigenvalue weighted by Gasteiger charge is 2.17. The number of pyridine rings is 1.